The number of nitro groups is 1. The summed E-state index contributed by atoms with van der Waals surface area (Å²) in [6.45, 7) is 0. The van der Waals surface area contributed by atoms with E-state index in [9.17, 15) is 10.1 Å². The van der Waals surface area contributed by atoms with Gasteiger partial charge in [0.2, 0.25) is 5.76 Å². The number of ether oxygens (including phenoxy) is 1. The standard InChI is InChI=1S/C19H17N2O4/c1-20-17(8-3-14-4-11-18(24-2)12-5-14)13-19(25-20)15-6-9-16(10-7-15)21(22)23/h3-13H,1-2H3/q+1/b8-3+. The third kappa shape index (κ3) is 3.74. The number of benzene rings is 2. The largest absolute Gasteiger partial charge is 0.497 e. The van der Waals surface area contributed by atoms with Gasteiger partial charge in [-0.05, 0) is 40.6 Å². The number of nitro benzene ring substituents is 1. The fourth-order valence-corrected chi connectivity index (χ4v) is 2.38. The molecule has 2 aromatic carbocycles. The molecule has 126 valence electrons. The Labute approximate surface area is 144 Å². The molecule has 0 amide bonds. The molecule has 1 aromatic heterocycles. The van der Waals surface area contributed by atoms with Crippen LogP contribution in [0.15, 0.2) is 59.1 Å². The van der Waals surface area contributed by atoms with Crippen molar-refractivity contribution in [2.75, 3.05) is 7.11 Å². The third-order valence-electron chi connectivity index (χ3n) is 3.80. The summed E-state index contributed by atoms with van der Waals surface area (Å²) in [6.07, 6.45) is 3.92. The van der Waals surface area contributed by atoms with Crippen LogP contribution in [-0.4, -0.2) is 12.0 Å². The molecule has 0 bridgehead atoms. The van der Waals surface area contributed by atoms with Crippen LogP contribution in [0.4, 0.5) is 5.69 Å². The van der Waals surface area contributed by atoms with Crippen LogP contribution in [0.3, 0.4) is 0 Å². The first-order valence-electron chi connectivity index (χ1n) is 7.64. The Morgan fingerprint density at radius 3 is 2.36 bits per heavy atom. The number of hydrogen-bond donors (Lipinski definition) is 0. The molecule has 0 N–H and O–H groups in total. The Morgan fingerprint density at radius 2 is 1.76 bits per heavy atom. The van der Waals surface area contributed by atoms with E-state index >= 15 is 0 Å². The van der Waals surface area contributed by atoms with Crippen molar-refractivity contribution < 1.29 is 18.9 Å². The minimum Gasteiger partial charge on any atom is -0.497 e. The zero-order valence-electron chi connectivity index (χ0n) is 13.9. The van der Waals surface area contributed by atoms with Crippen molar-refractivity contribution in [2.45, 2.75) is 0 Å². The number of aryl methyl sites for hydroxylation is 1. The second-order valence-corrected chi connectivity index (χ2v) is 5.43. The molecule has 3 aromatic rings. The number of methoxy groups -OCH3 is 1. The fraction of sp³-hybridized carbons (Fsp3) is 0.105. The Balaban J connectivity index is 1.81. The first kappa shape index (κ1) is 16.4. The molecule has 25 heavy (non-hydrogen) atoms. The predicted molar refractivity (Wildman–Crippen MR) is 93.9 cm³/mol. The molecule has 0 unspecified atom stereocenters. The third-order valence-corrected chi connectivity index (χ3v) is 3.80. The van der Waals surface area contributed by atoms with E-state index < -0.39 is 4.92 Å². The summed E-state index contributed by atoms with van der Waals surface area (Å²) >= 11 is 0. The smallest absolute Gasteiger partial charge is 0.269 e. The Kier molecular flexibility index (Phi) is 4.61. The quantitative estimate of drug-likeness (QED) is 0.403. The number of hydrogen-bond acceptors (Lipinski definition) is 4. The van der Waals surface area contributed by atoms with Crippen LogP contribution in [0.25, 0.3) is 23.5 Å². The molecule has 0 radical (unpaired) electrons. The van der Waals surface area contributed by atoms with Gasteiger partial charge in [-0.1, -0.05) is 12.1 Å². The Hall–Kier alpha value is -3.41. The van der Waals surface area contributed by atoms with Crippen molar-refractivity contribution in [1.82, 2.24) is 0 Å². The summed E-state index contributed by atoms with van der Waals surface area (Å²) in [6, 6.07) is 15.9. The van der Waals surface area contributed by atoms with E-state index in [1.165, 1.54) is 12.1 Å². The lowest BCUT2D eigenvalue weighted by Crippen LogP contribution is -2.27. The van der Waals surface area contributed by atoms with Gasteiger partial charge in [-0.2, -0.15) is 0 Å². The summed E-state index contributed by atoms with van der Waals surface area (Å²) in [5.41, 5.74) is 2.76. The summed E-state index contributed by atoms with van der Waals surface area (Å²) < 4.78 is 12.5. The number of nitrogens with zero attached hydrogens (tertiary/aromatic N) is 2. The van der Waals surface area contributed by atoms with Crippen molar-refractivity contribution in [1.29, 1.82) is 0 Å². The van der Waals surface area contributed by atoms with Crippen molar-refractivity contribution >= 4 is 17.8 Å². The molecule has 3 rings (SSSR count). The second-order valence-electron chi connectivity index (χ2n) is 5.43. The molecule has 0 aliphatic carbocycles. The first-order valence-corrected chi connectivity index (χ1v) is 7.64. The van der Waals surface area contributed by atoms with Crippen LogP contribution in [0.1, 0.15) is 11.3 Å². The molecule has 0 aliphatic heterocycles. The zero-order chi connectivity index (χ0) is 17.8. The van der Waals surface area contributed by atoms with E-state index in [1.54, 1.807) is 24.0 Å². The van der Waals surface area contributed by atoms with Gasteiger partial charge in [0.05, 0.1) is 18.1 Å². The van der Waals surface area contributed by atoms with Crippen molar-refractivity contribution in [3.05, 3.63) is 76.0 Å². The molecule has 0 aliphatic rings. The Morgan fingerprint density at radius 1 is 1.08 bits per heavy atom. The average molecular weight is 337 g/mol. The van der Waals surface area contributed by atoms with Crippen LogP contribution in [0.2, 0.25) is 0 Å². The van der Waals surface area contributed by atoms with Gasteiger partial charge in [0.15, 0.2) is 7.05 Å². The lowest BCUT2D eigenvalue weighted by molar-refractivity contribution is -0.844. The molecule has 1 heterocycles. The van der Waals surface area contributed by atoms with Gasteiger partial charge in [-0.15, -0.1) is 0 Å². The molecule has 0 saturated carbocycles. The molecular weight excluding hydrogens is 320 g/mol. The van der Waals surface area contributed by atoms with Gasteiger partial charge in [-0.3, -0.25) is 10.1 Å². The van der Waals surface area contributed by atoms with E-state index in [4.69, 9.17) is 9.26 Å². The summed E-state index contributed by atoms with van der Waals surface area (Å²) in [5.74, 6) is 1.46. The number of non-ortho nitro benzene ring substituents is 1. The van der Waals surface area contributed by atoms with E-state index in [0.717, 1.165) is 22.6 Å². The average Bonchev–Trinajstić information content (AvgIpc) is 3.01. The molecular formula is C19H17N2O4+. The lowest BCUT2D eigenvalue weighted by atomic mass is 10.1. The van der Waals surface area contributed by atoms with Gasteiger partial charge in [0.1, 0.15) is 5.75 Å². The fourth-order valence-electron chi connectivity index (χ4n) is 2.38. The maximum Gasteiger partial charge on any atom is 0.269 e. The Bertz CT molecular complexity index is 910. The topological polar surface area (TPSA) is 69.4 Å². The highest BCUT2D eigenvalue weighted by molar-refractivity contribution is 5.69. The summed E-state index contributed by atoms with van der Waals surface area (Å²) in [5, 5.41) is 10.7. The minimum absolute atomic E-state index is 0.0549. The SMILES string of the molecule is COc1ccc(/C=C/c2cc(-c3ccc([N+](=O)[O-])cc3)o[n+]2C)cc1. The van der Waals surface area contributed by atoms with Crippen LogP contribution in [0, 0.1) is 10.1 Å². The monoisotopic (exact) mass is 337 g/mol. The molecule has 0 saturated heterocycles. The maximum absolute atomic E-state index is 10.7. The number of aromatic nitrogens is 1. The van der Waals surface area contributed by atoms with E-state index in [0.29, 0.717) is 5.76 Å². The lowest BCUT2D eigenvalue weighted by Gasteiger charge is -1.98. The van der Waals surface area contributed by atoms with Crippen LogP contribution in [0.5, 0.6) is 5.75 Å². The highest BCUT2D eigenvalue weighted by Crippen LogP contribution is 2.23. The molecule has 0 fully saturated rings. The molecule has 0 spiro atoms. The van der Waals surface area contributed by atoms with Crippen molar-refractivity contribution in [3.63, 3.8) is 0 Å². The van der Waals surface area contributed by atoms with Crippen LogP contribution >= 0.6 is 0 Å². The van der Waals surface area contributed by atoms with Gasteiger partial charge >= 0.3 is 0 Å². The van der Waals surface area contributed by atoms with Crippen molar-refractivity contribution in [2.24, 2.45) is 7.05 Å². The van der Waals surface area contributed by atoms with Crippen LogP contribution < -0.4 is 9.48 Å². The van der Waals surface area contributed by atoms with Gasteiger partial charge in [0.25, 0.3) is 11.4 Å². The van der Waals surface area contributed by atoms with E-state index in [2.05, 4.69) is 0 Å². The highest BCUT2D eigenvalue weighted by atomic mass is 16.6. The number of rotatable bonds is 5. The van der Waals surface area contributed by atoms with E-state index in [-0.39, 0.29) is 5.69 Å². The first-order chi connectivity index (χ1) is 12.1. The van der Waals surface area contributed by atoms with Crippen molar-refractivity contribution in [3.8, 4) is 17.1 Å². The van der Waals surface area contributed by atoms with Gasteiger partial charge in [-0.25, -0.2) is 4.52 Å². The highest BCUT2D eigenvalue weighted by Gasteiger charge is 2.15. The normalized spacial score (nSPS) is 11.0. The van der Waals surface area contributed by atoms with Crippen LogP contribution in [-0.2, 0) is 7.05 Å². The molecule has 0 atom stereocenters. The molecule has 6 nitrogen and oxygen atoms in total. The minimum atomic E-state index is -0.422. The summed E-state index contributed by atoms with van der Waals surface area (Å²) in [7, 11) is 3.44. The van der Waals surface area contributed by atoms with Gasteiger partial charge < -0.3 is 4.74 Å². The molecule has 6 heteroatoms. The second kappa shape index (κ2) is 7.00. The summed E-state index contributed by atoms with van der Waals surface area (Å²) in [4.78, 5) is 10.3. The maximum atomic E-state index is 10.7. The zero-order valence-corrected chi connectivity index (χ0v) is 13.9. The van der Waals surface area contributed by atoms with Gasteiger partial charge in [0, 0.05) is 23.8 Å². The predicted octanol–water partition coefficient (Wildman–Crippen LogP) is 3.86. The van der Waals surface area contributed by atoms with E-state index in [1.807, 2.05) is 49.5 Å².